The average molecular weight is 671 g/mol. The lowest BCUT2D eigenvalue weighted by atomic mass is 9.98. The van der Waals surface area contributed by atoms with Gasteiger partial charge in [0.25, 0.3) is 11.8 Å². The molecule has 50 heavy (non-hydrogen) atoms. The van der Waals surface area contributed by atoms with E-state index in [1.165, 1.54) is 12.8 Å². The molecular formula is C41H42N4O5. The molecular weight excluding hydrogens is 628 g/mol. The van der Waals surface area contributed by atoms with E-state index in [4.69, 9.17) is 4.42 Å². The zero-order chi connectivity index (χ0) is 34.6. The number of furan rings is 1. The monoisotopic (exact) mass is 670 g/mol. The molecule has 3 atom stereocenters. The molecule has 5 aromatic rings. The molecule has 9 nitrogen and oxygen atoms in total. The smallest absolute Gasteiger partial charge is 0.408 e. The lowest BCUT2D eigenvalue weighted by molar-refractivity contribution is 0.0503. The van der Waals surface area contributed by atoms with Gasteiger partial charge in [-0.25, -0.2) is 4.79 Å². The molecule has 0 radical (unpaired) electrons. The number of nitrogens with zero attached hydrogens (tertiary/aromatic N) is 3. The molecule has 2 bridgehead atoms. The van der Waals surface area contributed by atoms with Gasteiger partial charge in [-0.3, -0.25) is 14.5 Å². The van der Waals surface area contributed by atoms with Gasteiger partial charge in [-0.2, -0.15) is 0 Å². The molecule has 2 saturated carbocycles. The van der Waals surface area contributed by atoms with Gasteiger partial charge >= 0.3 is 6.09 Å². The van der Waals surface area contributed by atoms with Crippen LogP contribution in [0.15, 0.2) is 65.1 Å². The van der Waals surface area contributed by atoms with Crippen LogP contribution in [0.5, 0.6) is 0 Å². The van der Waals surface area contributed by atoms with Crippen molar-refractivity contribution in [3.8, 4) is 22.6 Å². The normalized spacial score (nSPS) is 21.3. The maximum absolute atomic E-state index is 14.1. The van der Waals surface area contributed by atoms with Gasteiger partial charge < -0.3 is 24.3 Å². The van der Waals surface area contributed by atoms with Crippen molar-refractivity contribution in [3.63, 3.8) is 0 Å². The molecule has 3 aromatic carbocycles. The largest absolute Gasteiger partial charge is 0.465 e. The maximum Gasteiger partial charge on any atom is 0.408 e. The van der Waals surface area contributed by atoms with Gasteiger partial charge in [0.2, 0.25) is 0 Å². The van der Waals surface area contributed by atoms with Gasteiger partial charge in [-0.1, -0.05) is 30.3 Å². The number of hydrogen-bond donors (Lipinski definition) is 2. The van der Waals surface area contributed by atoms with Crippen molar-refractivity contribution in [2.24, 2.45) is 11.8 Å². The number of amides is 3. The molecule has 0 spiro atoms. The molecule has 256 valence electrons. The molecule has 2 unspecified atom stereocenters. The standard InChI is InChI=1S/C41H42N4O5/c1-22-30-13-11-27(39(47)44-21-29-12-14-32(44)36(29)45(40(48)49)41(2,3)4)18-35(30)50-37(22)34-17-26-9-7-25(16-33(26)43(34)20-23-5-6-23)24-8-10-28-19-42-38(46)31(28)15-24/h7-11,13,15-18,23,29,32,36H,5-6,12,14,19-21H2,1-4H3,(H,42,46)(H,48,49)/t29?,32?,36-/m1/s1. The van der Waals surface area contributed by atoms with Crippen molar-refractivity contribution in [1.82, 2.24) is 19.7 Å². The highest BCUT2D eigenvalue weighted by Crippen LogP contribution is 2.45. The molecule has 1 saturated heterocycles. The van der Waals surface area contributed by atoms with E-state index < -0.39 is 11.6 Å². The highest BCUT2D eigenvalue weighted by atomic mass is 16.4. The SMILES string of the molecule is Cc1c(-c2cc3ccc(-c4ccc5c(c4)C(=O)NC5)cc3n2CC2CC2)oc2cc(C(=O)N3CC4CCC3[C@@H]4N(C(=O)O)C(C)(C)C)ccc12. The number of benzene rings is 3. The molecule has 4 heterocycles. The van der Waals surface area contributed by atoms with E-state index >= 15 is 0 Å². The fourth-order valence-electron chi connectivity index (χ4n) is 8.98. The molecule has 9 rings (SSSR count). The molecule has 9 heteroatoms. The second-order valence-electron chi connectivity index (χ2n) is 15.9. The van der Waals surface area contributed by atoms with Crippen molar-refractivity contribution in [3.05, 3.63) is 82.9 Å². The minimum Gasteiger partial charge on any atom is -0.465 e. The number of aromatic nitrogens is 1. The van der Waals surface area contributed by atoms with Gasteiger partial charge in [-0.05, 0) is 112 Å². The van der Waals surface area contributed by atoms with E-state index in [1.54, 1.807) is 4.90 Å². The van der Waals surface area contributed by atoms with Crippen molar-refractivity contribution < 1.29 is 23.9 Å². The lowest BCUT2D eigenvalue weighted by Crippen LogP contribution is -2.55. The van der Waals surface area contributed by atoms with Crippen LogP contribution in [0.2, 0.25) is 0 Å². The van der Waals surface area contributed by atoms with Gasteiger partial charge in [0.05, 0.1) is 17.8 Å². The van der Waals surface area contributed by atoms with Crippen LogP contribution in [0.1, 0.15) is 78.3 Å². The first-order valence-electron chi connectivity index (χ1n) is 17.9. The second kappa shape index (κ2) is 11.0. The molecule has 2 aliphatic carbocycles. The van der Waals surface area contributed by atoms with Crippen molar-refractivity contribution in [2.75, 3.05) is 6.54 Å². The zero-order valence-electron chi connectivity index (χ0n) is 29.0. The van der Waals surface area contributed by atoms with Crippen LogP contribution in [-0.2, 0) is 13.1 Å². The summed E-state index contributed by atoms with van der Waals surface area (Å²) in [6.07, 6.45) is 3.23. The zero-order valence-corrected chi connectivity index (χ0v) is 29.0. The third kappa shape index (κ3) is 4.84. The number of hydrogen-bond acceptors (Lipinski definition) is 4. The summed E-state index contributed by atoms with van der Waals surface area (Å²) >= 11 is 0. The third-order valence-corrected chi connectivity index (χ3v) is 11.6. The van der Waals surface area contributed by atoms with Crippen molar-refractivity contribution in [2.45, 2.75) is 84.1 Å². The van der Waals surface area contributed by atoms with Crippen LogP contribution >= 0.6 is 0 Å². The first-order valence-corrected chi connectivity index (χ1v) is 17.9. The van der Waals surface area contributed by atoms with E-state index in [0.717, 1.165) is 74.9 Å². The minimum atomic E-state index is -0.929. The first kappa shape index (κ1) is 31.0. The summed E-state index contributed by atoms with van der Waals surface area (Å²) in [7, 11) is 0. The highest BCUT2D eigenvalue weighted by molar-refractivity contribution is 6.01. The van der Waals surface area contributed by atoms with E-state index in [2.05, 4.69) is 47.1 Å². The summed E-state index contributed by atoms with van der Waals surface area (Å²) in [6, 6.07) is 20.3. The molecule has 2 N–H and O–H groups in total. The summed E-state index contributed by atoms with van der Waals surface area (Å²) in [6.45, 7) is 9.90. The van der Waals surface area contributed by atoms with Crippen LogP contribution in [0.3, 0.4) is 0 Å². The van der Waals surface area contributed by atoms with Gasteiger partial charge in [0, 0.05) is 58.2 Å². The number of carbonyl (C=O) groups is 3. The van der Waals surface area contributed by atoms with Crippen LogP contribution in [0, 0.1) is 18.8 Å². The van der Waals surface area contributed by atoms with E-state index in [9.17, 15) is 19.5 Å². The van der Waals surface area contributed by atoms with Crippen LogP contribution < -0.4 is 5.32 Å². The number of carbonyl (C=O) groups excluding carboxylic acids is 2. The molecule has 2 aliphatic heterocycles. The predicted octanol–water partition coefficient (Wildman–Crippen LogP) is 8.06. The van der Waals surface area contributed by atoms with Gasteiger partial charge in [-0.15, -0.1) is 0 Å². The quantitative estimate of drug-likeness (QED) is 0.190. The number of likely N-dealkylation sites (tertiary alicyclic amines) is 1. The first-order chi connectivity index (χ1) is 24.0. The fraction of sp³-hybridized carbons (Fsp3) is 0.390. The third-order valence-electron chi connectivity index (χ3n) is 11.6. The van der Waals surface area contributed by atoms with E-state index in [1.807, 2.05) is 56.0 Å². The maximum atomic E-state index is 14.1. The number of carboxylic acid groups (broad SMARTS) is 1. The molecule has 3 fully saturated rings. The molecule has 2 aromatic heterocycles. The number of rotatable bonds is 6. The Bertz CT molecular complexity index is 2250. The summed E-state index contributed by atoms with van der Waals surface area (Å²) in [5.41, 5.74) is 7.74. The van der Waals surface area contributed by atoms with Crippen molar-refractivity contribution in [1.29, 1.82) is 0 Å². The van der Waals surface area contributed by atoms with Crippen LogP contribution in [0.25, 0.3) is 44.5 Å². The van der Waals surface area contributed by atoms with E-state index in [0.29, 0.717) is 30.2 Å². The fourth-order valence-corrected chi connectivity index (χ4v) is 8.98. The molecule has 4 aliphatic rings. The lowest BCUT2D eigenvalue weighted by Gasteiger charge is -2.40. The second-order valence-corrected chi connectivity index (χ2v) is 15.9. The Kier molecular flexibility index (Phi) is 6.80. The minimum absolute atomic E-state index is 0.0187. The summed E-state index contributed by atoms with van der Waals surface area (Å²) in [5.74, 6) is 1.48. The van der Waals surface area contributed by atoms with Crippen LogP contribution in [0.4, 0.5) is 4.79 Å². The van der Waals surface area contributed by atoms with Gasteiger partial charge in [0.1, 0.15) is 5.58 Å². The highest BCUT2D eigenvalue weighted by Gasteiger charge is 2.54. The molecule has 3 amide bonds. The van der Waals surface area contributed by atoms with Crippen molar-refractivity contribution >= 4 is 39.8 Å². The van der Waals surface area contributed by atoms with Crippen LogP contribution in [-0.4, -0.2) is 61.5 Å². The summed E-state index contributed by atoms with van der Waals surface area (Å²) in [4.78, 5) is 42.3. The number of piperidine rings is 1. The Morgan fingerprint density at radius 1 is 0.980 bits per heavy atom. The Morgan fingerprint density at radius 2 is 1.76 bits per heavy atom. The Hall–Kier alpha value is -5.05. The number of nitrogens with one attached hydrogen (secondary N) is 1. The Morgan fingerprint density at radius 3 is 2.52 bits per heavy atom. The Labute approximate surface area is 290 Å². The number of aryl methyl sites for hydroxylation is 1. The van der Waals surface area contributed by atoms with E-state index in [-0.39, 0.29) is 29.8 Å². The Balaban J connectivity index is 1.06. The van der Waals surface area contributed by atoms with Gasteiger partial charge in [0.15, 0.2) is 5.76 Å². The summed E-state index contributed by atoms with van der Waals surface area (Å²) < 4.78 is 9.05. The number of fused-ring (bicyclic) bond motifs is 5. The predicted molar refractivity (Wildman–Crippen MR) is 192 cm³/mol. The average Bonchev–Trinajstić information content (AvgIpc) is 3.32. The summed E-state index contributed by atoms with van der Waals surface area (Å²) in [5, 5.41) is 15.2. The topological polar surface area (TPSA) is 108 Å².